The molecule has 1 atom stereocenters. The third kappa shape index (κ3) is 3.42. The summed E-state index contributed by atoms with van der Waals surface area (Å²) in [5.41, 5.74) is 3.41. The topological polar surface area (TPSA) is 58.7 Å². The summed E-state index contributed by atoms with van der Waals surface area (Å²) in [6, 6.07) is 22.3. The van der Waals surface area contributed by atoms with Crippen LogP contribution in [0.15, 0.2) is 84.0 Å². The number of halogens is 1. The Bertz CT molecular complexity index is 1000. The van der Waals surface area contributed by atoms with Crippen molar-refractivity contribution >= 4 is 17.1 Å². The van der Waals surface area contributed by atoms with E-state index >= 15 is 0 Å². The maximum atomic E-state index is 13.3. The van der Waals surface area contributed by atoms with Gasteiger partial charge < -0.3 is 0 Å². The highest BCUT2D eigenvalue weighted by Crippen LogP contribution is 2.37. The predicted molar refractivity (Wildman–Crippen MR) is 102 cm³/mol. The standard InChI is InChI=1S/C21H16FN3O2/c22-17-11-9-15(10-12-17)20-14-21(16-5-4-8-19(13-16)25(26)27)24(23-20)18-6-2-1-3-7-18/h1-13,21H,14H2. The molecule has 0 aliphatic carbocycles. The Labute approximate surface area is 155 Å². The van der Waals surface area contributed by atoms with Crippen LogP contribution in [-0.4, -0.2) is 10.6 Å². The Kier molecular flexibility index (Phi) is 4.38. The first-order valence-electron chi connectivity index (χ1n) is 8.54. The fraction of sp³-hybridized carbons (Fsp3) is 0.0952. The van der Waals surface area contributed by atoms with Crippen molar-refractivity contribution in [3.05, 3.63) is 106 Å². The van der Waals surface area contributed by atoms with Gasteiger partial charge in [0.15, 0.2) is 0 Å². The Morgan fingerprint density at radius 2 is 1.74 bits per heavy atom. The normalized spacial score (nSPS) is 16.3. The van der Waals surface area contributed by atoms with Gasteiger partial charge in [-0.25, -0.2) is 4.39 Å². The van der Waals surface area contributed by atoms with Gasteiger partial charge in [0.1, 0.15) is 5.82 Å². The van der Waals surface area contributed by atoms with Gasteiger partial charge in [-0.2, -0.15) is 5.10 Å². The molecule has 0 spiro atoms. The van der Waals surface area contributed by atoms with Crippen LogP contribution in [0.3, 0.4) is 0 Å². The fourth-order valence-corrected chi connectivity index (χ4v) is 3.25. The number of anilines is 1. The van der Waals surface area contributed by atoms with Gasteiger partial charge in [0, 0.05) is 18.6 Å². The average Bonchev–Trinajstić information content (AvgIpc) is 3.15. The summed E-state index contributed by atoms with van der Waals surface area (Å²) in [6.07, 6.45) is 0.571. The molecule has 4 rings (SSSR count). The Morgan fingerprint density at radius 1 is 1.00 bits per heavy atom. The molecule has 3 aromatic carbocycles. The van der Waals surface area contributed by atoms with E-state index in [9.17, 15) is 14.5 Å². The molecule has 0 aromatic heterocycles. The van der Waals surface area contributed by atoms with E-state index in [-0.39, 0.29) is 17.5 Å². The molecule has 5 nitrogen and oxygen atoms in total. The lowest BCUT2D eigenvalue weighted by atomic mass is 9.98. The zero-order chi connectivity index (χ0) is 18.8. The van der Waals surface area contributed by atoms with Crippen molar-refractivity contribution in [1.82, 2.24) is 0 Å². The molecule has 1 aliphatic rings. The molecule has 0 amide bonds. The number of nitro benzene ring substituents is 1. The summed E-state index contributed by atoms with van der Waals surface area (Å²) >= 11 is 0. The molecule has 0 saturated carbocycles. The number of nitro groups is 1. The molecule has 1 heterocycles. The second-order valence-corrected chi connectivity index (χ2v) is 6.31. The van der Waals surface area contributed by atoms with Crippen LogP contribution in [0.5, 0.6) is 0 Å². The molecule has 3 aromatic rings. The second-order valence-electron chi connectivity index (χ2n) is 6.31. The minimum absolute atomic E-state index is 0.0516. The van der Waals surface area contributed by atoms with Gasteiger partial charge in [0.05, 0.1) is 22.4 Å². The number of rotatable bonds is 4. The summed E-state index contributed by atoms with van der Waals surface area (Å²) in [4.78, 5) is 10.8. The summed E-state index contributed by atoms with van der Waals surface area (Å²) in [5.74, 6) is -0.299. The van der Waals surface area contributed by atoms with Crippen LogP contribution in [0, 0.1) is 15.9 Å². The maximum Gasteiger partial charge on any atom is 0.269 e. The van der Waals surface area contributed by atoms with E-state index in [2.05, 4.69) is 0 Å². The lowest BCUT2D eigenvalue weighted by Gasteiger charge is -2.23. The highest BCUT2D eigenvalue weighted by molar-refractivity contribution is 6.03. The predicted octanol–water partition coefficient (Wildman–Crippen LogP) is 5.09. The molecule has 1 aliphatic heterocycles. The van der Waals surface area contributed by atoms with E-state index in [4.69, 9.17) is 5.10 Å². The van der Waals surface area contributed by atoms with Crippen LogP contribution < -0.4 is 5.01 Å². The monoisotopic (exact) mass is 361 g/mol. The van der Waals surface area contributed by atoms with Crippen molar-refractivity contribution in [3.8, 4) is 0 Å². The molecular weight excluding hydrogens is 345 g/mol. The lowest BCUT2D eigenvalue weighted by molar-refractivity contribution is -0.384. The Hall–Kier alpha value is -3.54. The highest BCUT2D eigenvalue weighted by atomic mass is 19.1. The first-order valence-corrected chi connectivity index (χ1v) is 8.54. The van der Waals surface area contributed by atoms with Crippen LogP contribution in [0.25, 0.3) is 0 Å². The number of para-hydroxylation sites is 1. The van der Waals surface area contributed by atoms with Crippen molar-refractivity contribution in [1.29, 1.82) is 0 Å². The number of nitrogens with zero attached hydrogens (tertiary/aromatic N) is 3. The molecule has 134 valence electrons. The molecule has 27 heavy (non-hydrogen) atoms. The van der Waals surface area contributed by atoms with E-state index in [1.165, 1.54) is 18.2 Å². The summed E-state index contributed by atoms with van der Waals surface area (Å²) < 4.78 is 13.3. The van der Waals surface area contributed by atoms with Crippen molar-refractivity contribution in [2.45, 2.75) is 12.5 Å². The van der Waals surface area contributed by atoms with Gasteiger partial charge in [0.2, 0.25) is 0 Å². The second kappa shape index (κ2) is 6.99. The molecule has 0 bridgehead atoms. The van der Waals surface area contributed by atoms with Gasteiger partial charge in [0.25, 0.3) is 5.69 Å². The molecule has 0 N–H and O–H groups in total. The van der Waals surface area contributed by atoms with Crippen molar-refractivity contribution in [2.24, 2.45) is 5.10 Å². The SMILES string of the molecule is O=[N+]([O-])c1cccc(C2CC(c3ccc(F)cc3)=NN2c2ccccc2)c1. The largest absolute Gasteiger partial charge is 0.269 e. The van der Waals surface area contributed by atoms with E-state index in [0.29, 0.717) is 6.42 Å². The quantitative estimate of drug-likeness (QED) is 0.480. The highest BCUT2D eigenvalue weighted by Gasteiger charge is 2.30. The first-order chi connectivity index (χ1) is 13.1. The number of hydrazone groups is 1. The van der Waals surface area contributed by atoms with Crippen LogP contribution in [0.1, 0.15) is 23.6 Å². The van der Waals surface area contributed by atoms with E-state index in [0.717, 1.165) is 22.5 Å². The minimum Gasteiger partial charge on any atom is -0.258 e. The molecule has 0 radical (unpaired) electrons. The summed E-state index contributed by atoms with van der Waals surface area (Å²) in [6.45, 7) is 0. The lowest BCUT2D eigenvalue weighted by Crippen LogP contribution is -2.18. The van der Waals surface area contributed by atoms with E-state index in [1.807, 2.05) is 41.4 Å². The molecule has 6 heteroatoms. The molecular formula is C21H16FN3O2. The maximum absolute atomic E-state index is 13.3. The zero-order valence-corrected chi connectivity index (χ0v) is 14.3. The fourth-order valence-electron chi connectivity index (χ4n) is 3.25. The minimum atomic E-state index is -0.396. The average molecular weight is 361 g/mol. The number of hydrogen-bond donors (Lipinski definition) is 0. The van der Waals surface area contributed by atoms with Gasteiger partial charge >= 0.3 is 0 Å². The Morgan fingerprint density at radius 3 is 2.44 bits per heavy atom. The van der Waals surface area contributed by atoms with Gasteiger partial charge in [-0.1, -0.05) is 42.5 Å². The smallest absolute Gasteiger partial charge is 0.258 e. The van der Waals surface area contributed by atoms with Gasteiger partial charge in [-0.3, -0.25) is 15.1 Å². The summed E-state index contributed by atoms with van der Waals surface area (Å²) in [7, 11) is 0. The van der Waals surface area contributed by atoms with E-state index < -0.39 is 4.92 Å². The first kappa shape index (κ1) is 16.9. The molecule has 0 saturated heterocycles. The molecule has 0 fully saturated rings. The van der Waals surface area contributed by atoms with Gasteiger partial charge in [-0.05, 0) is 35.4 Å². The number of benzene rings is 3. The third-order valence-electron chi connectivity index (χ3n) is 4.57. The number of non-ortho nitro benzene ring substituents is 1. The zero-order valence-electron chi connectivity index (χ0n) is 14.3. The van der Waals surface area contributed by atoms with Crippen LogP contribution in [0.2, 0.25) is 0 Å². The van der Waals surface area contributed by atoms with Crippen molar-refractivity contribution < 1.29 is 9.31 Å². The Balaban J connectivity index is 1.75. The van der Waals surface area contributed by atoms with E-state index in [1.54, 1.807) is 24.3 Å². The van der Waals surface area contributed by atoms with Gasteiger partial charge in [-0.15, -0.1) is 0 Å². The summed E-state index contributed by atoms with van der Waals surface area (Å²) in [5, 5.41) is 17.8. The van der Waals surface area contributed by atoms with Crippen LogP contribution in [0.4, 0.5) is 15.8 Å². The van der Waals surface area contributed by atoms with Crippen LogP contribution >= 0.6 is 0 Å². The number of hydrogen-bond acceptors (Lipinski definition) is 4. The van der Waals surface area contributed by atoms with Crippen molar-refractivity contribution in [3.63, 3.8) is 0 Å². The van der Waals surface area contributed by atoms with Crippen molar-refractivity contribution in [2.75, 3.05) is 5.01 Å². The molecule has 1 unspecified atom stereocenters. The van der Waals surface area contributed by atoms with Crippen LogP contribution in [-0.2, 0) is 0 Å². The third-order valence-corrected chi connectivity index (χ3v) is 4.57.